The molecular weight excluding hydrogens is 266 g/mol. The molecule has 0 spiro atoms. The molecule has 3 heteroatoms. The Morgan fingerprint density at radius 3 is 2.94 bits per heavy atom. The smallest absolute Gasteiger partial charge is 0.0674 e. The molecule has 0 saturated carbocycles. The van der Waals surface area contributed by atoms with Gasteiger partial charge in [0.2, 0.25) is 0 Å². The maximum absolute atomic E-state index is 5.54. The van der Waals surface area contributed by atoms with Gasteiger partial charge in [0.25, 0.3) is 0 Å². The Morgan fingerprint density at radius 2 is 2.25 bits per heavy atom. The molecule has 1 saturated heterocycles. The predicted molar refractivity (Wildman–Crippen MR) is 69.6 cm³/mol. The molecule has 1 aliphatic heterocycles. The minimum Gasteiger partial charge on any atom is -0.376 e. The summed E-state index contributed by atoms with van der Waals surface area (Å²) in [5, 5.41) is 0. The van der Waals surface area contributed by atoms with E-state index in [0.717, 1.165) is 26.2 Å². The molecule has 0 aliphatic carbocycles. The number of ether oxygens (including phenoxy) is 1. The van der Waals surface area contributed by atoms with Gasteiger partial charge in [-0.15, -0.1) is 0 Å². The van der Waals surface area contributed by atoms with Crippen LogP contribution in [-0.2, 0) is 11.3 Å². The highest BCUT2D eigenvalue weighted by atomic mass is 79.9. The molecular formula is C13H18BrNO. The molecule has 16 heavy (non-hydrogen) atoms. The van der Waals surface area contributed by atoms with E-state index in [2.05, 4.69) is 52.9 Å². The highest BCUT2D eigenvalue weighted by molar-refractivity contribution is 9.10. The van der Waals surface area contributed by atoms with Gasteiger partial charge in [0.1, 0.15) is 0 Å². The van der Waals surface area contributed by atoms with Crippen molar-refractivity contribution >= 4 is 15.9 Å². The van der Waals surface area contributed by atoms with Crippen LogP contribution in [0.25, 0.3) is 0 Å². The number of morpholine rings is 1. The molecule has 0 aromatic heterocycles. The highest BCUT2D eigenvalue weighted by Crippen LogP contribution is 2.17. The van der Waals surface area contributed by atoms with Gasteiger partial charge in [-0.2, -0.15) is 0 Å². The molecule has 0 bridgehead atoms. The van der Waals surface area contributed by atoms with E-state index in [9.17, 15) is 0 Å². The van der Waals surface area contributed by atoms with Crippen molar-refractivity contribution in [3.05, 3.63) is 33.8 Å². The summed E-state index contributed by atoms with van der Waals surface area (Å²) in [4.78, 5) is 2.45. The van der Waals surface area contributed by atoms with Gasteiger partial charge in [0, 0.05) is 24.1 Å². The zero-order valence-corrected chi connectivity index (χ0v) is 11.5. The van der Waals surface area contributed by atoms with Crippen molar-refractivity contribution in [2.45, 2.75) is 26.5 Å². The maximum atomic E-state index is 5.54. The number of hydrogen-bond acceptors (Lipinski definition) is 2. The van der Waals surface area contributed by atoms with E-state index in [1.165, 1.54) is 15.6 Å². The van der Waals surface area contributed by atoms with Gasteiger partial charge in [-0.25, -0.2) is 0 Å². The van der Waals surface area contributed by atoms with Gasteiger partial charge in [-0.1, -0.05) is 22.0 Å². The van der Waals surface area contributed by atoms with Crippen LogP contribution in [0.3, 0.4) is 0 Å². The summed E-state index contributed by atoms with van der Waals surface area (Å²) in [6, 6.07) is 6.60. The lowest BCUT2D eigenvalue weighted by molar-refractivity contribution is -0.0212. The van der Waals surface area contributed by atoms with E-state index in [1.807, 2.05) is 0 Å². The molecule has 1 aromatic rings. The molecule has 1 aromatic carbocycles. The number of nitrogens with zero attached hydrogens (tertiary/aromatic N) is 1. The first-order valence-electron chi connectivity index (χ1n) is 5.73. The van der Waals surface area contributed by atoms with E-state index in [0.29, 0.717) is 6.10 Å². The van der Waals surface area contributed by atoms with Crippen molar-refractivity contribution in [2.24, 2.45) is 0 Å². The Morgan fingerprint density at radius 1 is 1.44 bits per heavy atom. The second kappa shape index (κ2) is 5.30. The molecule has 1 fully saturated rings. The Balaban J connectivity index is 2.02. The molecule has 1 unspecified atom stereocenters. The summed E-state index contributed by atoms with van der Waals surface area (Å²) in [6.07, 6.45) is 0.363. The van der Waals surface area contributed by atoms with Gasteiger partial charge in [-0.05, 0) is 37.1 Å². The molecule has 0 amide bonds. The largest absolute Gasteiger partial charge is 0.376 e. The normalized spacial score (nSPS) is 22.3. The minimum atomic E-state index is 0.363. The average Bonchev–Trinajstić information content (AvgIpc) is 2.15. The van der Waals surface area contributed by atoms with Gasteiger partial charge in [-0.3, -0.25) is 4.90 Å². The lowest BCUT2D eigenvalue weighted by Gasteiger charge is -2.31. The number of halogens is 1. The monoisotopic (exact) mass is 283 g/mol. The van der Waals surface area contributed by atoms with Crippen molar-refractivity contribution in [1.29, 1.82) is 0 Å². The SMILES string of the molecule is Cc1cc(Br)cc(CN2CCOC(C)C2)c1. The fraction of sp³-hybridized carbons (Fsp3) is 0.538. The lowest BCUT2D eigenvalue weighted by atomic mass is 10.1. The van der Waals surface area contributed by atoms with Crippen LogP contribution in [-0.4, -0.2) is 30.7 Å². The number of hydrogen-bond donors (Lipinski definition) is 0. The third-order valence-electron chi connectivity index (χ3n) is 2.83. The standard InChI is InChI=1S/C13H18BrNO/c1-10-5-12(7-13(14)6-10)9-15-3-4-16-11(2)8-15/h5-7,11H,3-4,8-9H2,1-2H3. The summed E-state index contributed by atoms with van der Waals surface area (Å²) >= 11 is 3.55. The van der Waals surface area contributed by atoms with Gasteiger partial charge in [0.15, 0.2) is 0 Å². The Kier molecular flexibility index (Phi) is 4.00. The average molecular weight is 284 g/mol. The van der Waals surface area contributed by atoms with Gasteiger partial charge >= 0.3 is 0 Å². The van der Waals surface area contributed by atoms with Crippen molar-refractivity contribution in [3.63, 3.8) is 0 Å². The summed E-state index contributed by atoms with van der Waals surface area (Å²) in [7, 11) is 0. The van der Waals surface area contributed by atoms with Crippen LogP contribution >= 0.6 is 15.9 Å². The molecule has 0 N–H and O–H groups in total. The van der Waals surface area contributed by atoms with Gasteiger partial charge < -0.3 is 4.74 Å². The van der Waals surface area contributed by atoms with Crippen molar-refractivity contribution in [1.82, 2.24) is 4.90 Å². The Bertz CT molecular complexity index is 347. The van der Waals surface area contributed by atoms with Crippen LogP contribution in [0.1, 0.15) is 18.1 Å². The van der Waals surface area contributed by atoms with E-state index in [-0.39, 0.29) is 0 Å². The maximum Gasteiger partial charge on any atom is 0.0674 e. The molecule has 1 aliphatic rings. The van der Waals surface area contributed by atoms with Crippen LogP contribution in [0, 0.1) is 6.92 Å². The fourth-order valence-corrected chi connectivity index (χ4v) is 2.85. The van der Waals surface area contributed by atoms with Crippen molar-refractivity contribution in [3.8, 4) is 0 Å². The molecule has 1 atom stereocenters. The topological polar surface area (TPSA) is 12.5 Å². The molecule has 1 heterocycles. The van der Waals surface area contributed by atoms with Crippen LogP contribution < -0.4 is 0 Å². The second-order valence-electron chi connectivity index (χ2n) is 4.55. The third-order valence-corrected chi connectivity index (χ3v) is 3.29. The van der Waals surface area contributed by atoms with E-state index < -0.39 is 0 Å². The number of rotatable bonds is 2. The van der Waals surface area contributed by atoms with E-state index in [4.69, 9.17) is 4.74 Å². The van der Waals surface area contributed by atoms with Crippen LogP contribution in [0.4, 0.5) is 0 Å². The molecule has 0 radical (unpaired) electrons. The molecule has 2 rings (SSSR count). The Hall–Kier alpha value is -0.380. The lowest BCUT2D eigenvalue weighted by Crippen LogP contribution is -2.40. The van der Waals surface area contributed by atoms with Crippen LogP contribution in [0.15, 0.2) is 22.7 Å². The zero-order chi connectivity index (χ0) is 11.5. The van der Waals surface area contributed by atoms with Crippen LogP contribution in [0.5, 0.6) is 0 Å². The van der Waals surface area contributed by atoms with Crippen LogP contribution in [0.2, 0.25) is 0 Å². The quantitative estimate of drug-likeness (QED) is 0.828. The predicted octanol–water partition coefficient (Wildman–Crippen LogP) is 2.98. The van der Waals surface area contributed by atoms with Gasteiger partial charge in [0.05, 0.1) is 12.7 Å². The minimum absolute atomic E-state index is 0.363. The second-order valence-corrected chi connectivity index (χ2v) is 5.47. The van der Waals surface area contributed by atoms with Crippen molar-refractivity contribution in [2.75, 3.05) is 19.7 Å². The molecule has 88 valence electrons. The third kappa shape index (κ3) is 3.30. The first kappa shape index (κ1) is 12.1. The first-order chi connectivity index (χ1) is 7.63. The summed E-state index contributed by atoms with van der Waals surface area (Å²) in [5.41, 5.74) is 2.69. The summed E-state index contributed by atoms with van der Waals surface area (Å²) < 4.78 is 6.71. The first-order valence-corrected chi connectivity index (χ1v) is 6.53. The highest BCUT2D eigenvalue weighted by Gasteiger charge is 2.16. The van der Waals surface area contributed by atoms with Crippen molar-refractivity contribution < 1.29 is 4.74 Å². The molecule has 2 nitrogen and oxygen atoms in total. The summed E-state index contributed by atoms with van der Waals surface area (Å²) in [6.45, 7) is 8.22. The Labute approximate surface area is 106 Å². The fourth-order valence-electron chi connectivity index (χ4n) is 2.20. The zero-order valence-electron chi connectivity index (χ0n) is 9.87. The van der Waals surface area contributed by atoms with E-state index in [1.54, 1.807) is 0 Å². The number of benzene rings is 1. The van der Waals surface area contributed by atoms with E-state index >= 15 is 0 Å². The number of aryl methyl sites for hydroxylation is 1. The summed E-state index contributed by atoms with van der Waals surface area (Å²) in [5.74, 6) is 0.